The second-order valence-electron chi connectivity index (χ2n) is 9.44. The van der Waals surface area contributed by atoms with Crippen molar-refractivity contribution < 1.29 is 22.8 Å². The van der Waals surface area contributed by atoms with Crippen LogP contribution < -0.4 is 5.43 Å². The Hall–Kier alpha value is -2.96. The van der Waals surface area contributed by atoms with E-state index in [2.05, 4.69) is 15.4 Å². The Morgan fingerprint density at radius 2 is 1.81 bits per heavy atom. The molecule has 2 aromatic carbocycles. The SMILES string of the molecule is O=C(c1cncnc1)N(NC1C2CN(S(=O)(=O)c3ccc4ccccc4c3)CC21)OC1CCCCO1. The molecule has 0 spiro atoms. The van der Waals surface area contributed by atoms with E-state index in [0.717, 1.165) is 28.8 Å². The molecule has 3 heterocycles. The van der Waals surface area contributed by atoms with E-state index in [1.165, 1.54) is 23.0 Å². The maximum absolute atomic E-state index is 13.3. The van der Waals surface area contributed by atoms with Gasteiger partial charge in [-0.2, -0.15) is 4.31 Å². The van der Waals surface area contributed by atoms with Gasteiger partial charge >= 0.3 is 0 Å². The van der Waals surface area contributed by atoms with Crippen molar-refractivity contribution in [3.8, 4) is 0 Å². The lowest BCUT2D eigenvalue weighted by atomic mass is 10.1. The van der Waals surface area contributed by atoms with Crippen LogP contribution in [0.15, 0.2) is 66.1 Å². The third-order valence-electron chi connectivity index (χ3n) is 7.14. The number of aromatic nitrogens is 2. The van der Waals surface area contributed by atoms with Crippen molar-refractivity contribution in [2.24, 2.45) is 11.8 Å². The van der Waals surface area contributed by atoms with Gasteiger partial charge in [-0.3, -0.25) is 4.79 Å². The van der Waals surface area contributed by atoms with Gasteiger partial charge in [0.15, 0.2) is 6.29 Å². The van der Waals surface area contributed by atoms with Crippen molar-refractivity contribution >= 4 is 26.7 Å². The highest BCUT2D eigenvalue weighted by molar-refractivity contribution is 7.89. The summed E-state index contributed by atoms with van der Waals surface area (Å²) in [7, 11) is -3.61. The Labute approximate surface area is 209 Å². The third-order valence-corrected chi connectivity index (χ3v) is 8.97. The van der Waals surface area contributed by atoms with Crippen LogP contribution in [0.25, 0.3) is 10.8 Å². The average molecular weight is 510 g/mol. The first-order chi connectivity index (χ1) is 17.5. The Kier molecular flexibility index (Phi) is 6.18. The number of carbonyl (C=O) groups excluding carboxylic acids is 1. The number of fused-ring (bicyclic) bond motifs is 2. The zero-order valence-electron chi connectivity index (χ0n) is 19.6. The van der Waals surface area contributed by atoms with Gasteiger partial charge in [0.05, 0.1) is 10.5 Å². The molecule has 0 radical (unpaired) electrons. The van der Waals surface area contributed by atoms with Gasteiger partial charge in [0, 0.05) is 44.6 Å². The summed E-state index contributed by atoms with van der Waals surface area (Å²) in [6, 6.07) is 12.9. The van der Waals surface area contributed by atoms with E-state index in [0.29, 0.717) is 31.0 Å². The summed E-state index contributed by atoms with van der Waals surface area (Å²) >= 11 is 0. The van der Waals surface area contributed by atoms with Crippen LogP contribution in [-0.4, -0.2) is 65.8 Å². The molecule has 2 aliphatic heterocycles. The smallest absolute Gasteiger partial charge is 0.295 e. The standard InChI is InChI=1S/C25H27N5O5S/c31-25(19-12-26-16-27-13-19)30(35-23-7-3-4-10-34-23)28-24-21-14-29(15-22(21)24)36(32,33)20-9-8-17-5-1-2-6-18(17)11-20/h1-2,5-6,8-9,11-13,16,21-24,28H,3-4,7,10,14-15H2. The second-order valence-corrected chi connectivity index (χ2v) is 11.4. The highest BCUT2D eigenvalue weighted by atomic mass is 32.2. The Balaban J connectivity index is 1.14. The molecule has 3 aliphatic rings. The number of amides is 1. The molecule has 3 fully saturated rings. The molecular weight excluding hydrogens is 482 g/mol. The summed E-state index contributed by atoms with van der Waals surface area (Å²) in [5.41, 5.74) is 3.46. The van der Waals surface area contributed by atoms with Crippen LogP contribution >= 0.6 is 0 Å². The lowest BCUT2D eigenvalue weighted by Crippen LogP contribution is -2.49. The Morgan fingerprint density at radius 3 is 2.53 bits per heavy atom. The summed E-state index contributed by atoms with van der Waals surface area (Å²) in [6.07, 6.45) is 6.30. The summed E-state index contributed by atoms with van der Waals surface area (Å²) in [5, 5.41) is 3.02. The first-order valence-electron chi connectivity index (χ1n) is 12.1. The molecule has 10 nitrogen and oxygen atoms in total. The molecule has 3 aromatic rings. The topological polar surface area (TPSA) is 114 Å². The van der Waals surface area contributed by atoms with Gasteiger partial charge in [0.25, 0.3) is 5.91 Å². The summed E-state index contributed by atoms with van der Waals surface area (Å²) in [5.74, 6) is -0.257. The number of hydrogen-bond acceptors (Lipinski definition) is 8. The average Bonchev–Trinajstić information content (AvgIpc) is 3.34. The fourth-order valence-electron chi connectivity index (χ4n) is 5.06. The Bertz CT molecular complexity index is 1350. The molecule has 0 bridgehead atoms. The van der Waals surface area contributed by atoms with Crippen molar-refractivity contribution in [3.63, 3.8) is 0 Å². The molecular formula is C25H27N5O5S. The maximum Gasteiger partial charge on any atom is 0.295 e. The van der Waals surface area contributed by atoms with Crippen molar-refractivity contribution in [2.75, 3.05) is 19.7 Å². The molecule has 11 heteroatoms. The molecule has 36 heavy (non-hydrogen) atoms. The number of hydrazine groups is 1. The van der Waals surface area contributed by atoms with E-state index in [-0.39, 0.29) is 23.4 Å². The van der Waals surface area contributed by atoms with Crippen LogP contribution in [0.3, 0.4) is 0 Å². The predicted molar refractivity (Wildman–Crippen MR) is 129 cm³/mol. The van der Waals surface area contributed by atoms with E-state index in [9.17, 15) is 13.2 Å². The molecule has 188 valence electrons. The van der Waals surface area contributed by atoms with Crippen molar-refractivity contribution in [3.05, 3.63) is 66.7 Å². The summed E-state index contributed by atoms with van der Waals surface area (Å²) in [6.45, 7) is 1.35. The van der Waals surface area contributed by atoms with Crippen LogP contribution in [0.4, 0.5) is 0 Å². The lowest BCUT2D eigenvalue weighted by Gasteiger charge is -2.30. The van der Waals surface area contributed by atoms with Gasteiger partial charge in [-0.05, 0) is 47.6 Å². The van der Waals surface area contributed by atoms with E-state index in [1.54, 1.807) is 12.1 Å². The molecule has 6 rings (SSSR count). The molecule has 2 saturated heterocycles. The number of sulfonamides is 1. The Morgan fingerprint density at radius 1 is 1.06 bits per heavy atom. The molecule has 1 N–H and O–H groups in total. The first-order valence-corrected chi connectivity index (χ1v) is 13.6. The van der Waals surface area contributed by atoms with Crippen LogP contribution in [-0.2, 0) is 19.6 Å². The normalized spacial score (nSPS) is 26.0. The second kappa shape index (κ2) is 9.49. The number of carbonyl (C=O) groups is 1. The highest BCUT2D eigenvalue weighted by Gasteiger charge is 2.59. The number of ether oxygens (including phenoxy) is 1. The molecule has 1 saturated carbocycles. The van der Waals surface area contributed by atoms with E-state index in [4.69, 9.17) is 9.57 Å². The minimum absolute atomic E-state index is 0.0785. The van der Waals surface area contributed by atoms with Crippen LogP contribution in [0, 0.1) is 11.8 Å². The number of nitrogens with one attached hydrogen (secondary N) is 1. The summed E-state index contributed by atoms with van der Waals surface area (Å²) in [4.78, 5) is 27.2. The zero-order chi connectivity index (χ0) is 24.7. The van der Waals surface area contributed by atoms with E-state index < -0.39 is 22.2 Å². The van der Waals surface area contributed by atoms with Crippen molar-refractivity contribution in [2.45, 2.75) is 36.5 Å². The fraction of sp³-hybridized carbons (Fsp3) is 0.400. The highest BCUT2D eigenvalue weighted by Crippen LogP contribution is 2.47. The van der Waals surface area contributed by atoms with Crippen LogP contribution in [0.5, 0.6) is 0 Å². The summed E-state index contributed by atoms with van der Waals surface area (Å²) < 4.78 is 33.8. The minimum Gasteiger partial charge on any atom is -0.350 e. The van der Waals surface area contributed by atoms with Crippen LogP contribution in [0.1, 0.15) is 29.6 Å². The number of nitrogens with zero attached hydrogens (tertiary/aromatic N) is 4. The maximum atomic E-state index is 13.3. The zero-order valence-corrected chi connectivity index (χ0v) is 20.4. The van der Waals surface area contributed by atoms with E-state index >= 15 is 0 Å². The van der Waals surface area contributed by atoms with Gasteiger partial charge in [-0.15, -0.1) is 5.17 Å². The number of rotatable bonds is 7. The predicted octanol–water partition coefficient (Wildman–Crippen LogP) is 2.35. The van der Waals surface area contributed by atoms with Gasteiger partial charge in [0.2, 0.25) is 10.0 Å². The van der Waals surface area contributed by atoms with Gasteiger partial charge in [-0.1, -0.05) is 30.3 Å². The number of hydroxylamine groups is 1. The quantitative estimate of drug-likeness (QED) is 0.483. The van der Waals surface area contributed by atoms with Crippen molar-refractivity contribution in [1.29, 1.82) is 0 Å². The number of piperidine rings is 1. The largest absolute Gasteiger partial charge is 0.350 e. The lowest BCUT2D eigenvalue weighted by molar-refractivity contribution is -0.286. The monoisotopic (exact) mass is 509 g/mol. The number of hydrogen-bond donors (Lipinski definition) is 1. The van der Waals surface area contributed by atoms with Crippen molar-refractivity contribution in [1.82, 2.24) is 24.9 Å². The first kappa shape index (κ1) is 23.4. The van der Waals surface area contributed by atoms with Gasteiger partial charge in [-0.25, -0.2) is 28.6 Å². The fourth-order valence-corrected chi connectivity index (χ4v) is 6.61. The molecule has 1 aromatic heterocycles. The minimum atomic E-state index is -3.61. The molecule has 1 amide bonds. The third kappa shape index (κ3) is 4.48. The molecule has 3 atom stereocenters. The molecule has 1 aliphatic carbocycles. The van der Waals surface area contributed by atoms with Gasteiger partial charge < -0.3 is 4.74 Å². The van der Waals surface area contributed by atoms with Crippen LogP contribution in [0.2, 0.25) is 0 Å². The van der Waals surface area contributed by atoms with E-state index in [1.807, 2.05) is 30.3 Å². The number of benzene rings is 2. The molecule has 3 unspecified atom stereocenters. The van der Waals surface area contributed by atoms with Gasteiger partial charge in [0.1, 0.15) is 6.33 Å².